The molecule has 0 aliphatic heterocycles. The zero-order valence-electron chi connectivity index (χ0n) is 19.4. The molecule has 0 radical (unpaired) electrons. The summed E-state index contributed by atoms with van der Waals surface area (Å²) in [6, 6.07) is 16.1. The number of carbonyl (C=O) groups is 1. The Morgan fingerprint density at radius 3 is 2.56 bits per heavy atom. The molecule has 2 aromatic carbocycles. The Bertz CT molecular complexity index is 1410. The molecule has 7 heteroatoms. The monoisotopic (exact) mass is 459 g/mol. The molecule has 0 bridgehead atoms. The van der Waals surface area contributed by atoms with Crippen LogP contribution in [0.4, 0.5) is 15.8 Å². The van der Waals surface area contributed by atoms with Crippen molar-refractivity contribution in [2.75, 3.05) is 11.9 Å². The number of ether oxygens (including phenoxy) is 1. The van der Waals surface area contributed by atoms with Crippen LogP contribution < -0.4 is 10.7 Å². The standard InChI is InChI=1S/C27H26FN3O3/c1-4-34-27(33)22-16-31(13-12-19-8-6-5-7-9-19)26-21(25(22)32)15-24(18(3)29-26)30-23-11-10-20(28)14-17(23)2/h5-11,14-16,30H,4,12-13H2,1-3H3. The second-order valence-electron chi connectivity index (χ2n) is 8.10. The van der Waals surface area contributed by atoms with Crippen molar-refractivity contribution < 1.29 is 13.9 Å². The molecule has 6 nitrogen and oxygen atoms in total. The van der Waals surface area contributed by atoms with Crippen molar-refractivity contribution in [1.82, 2.24) is 9.55 Å². The Morgan fingerprint density at radius 1 is 1.09 bits per heavy atom. The number of benzene rings is 2. The molecule has 0 atom stereocenters. The summed E-state index contributed by atoms with van der Waals surface area (Å²) in [6.45, 7) is 6.04. The van der Waals surface area contributed by atoms with Gasteiger partial charge in [0.1, 0.15) is 17.0 Å². The van der Waals surface area contributed by atoms with Crippen molar-refractivity contribution in [3.05, 3.63) is 99.2 Å². The van der Waals surface area contributed by atoms with Gasteiger partial charge in [0.05, 0.1) is 23.4 Å². The molecule has 0 spiro atoms. The van der Waals surface area contributed by atoms with Crippen molar-refractivity contribution in [2.45, 2.75) is 33.7 Å². The fourth-order valence-electron chi connectivity index (χ4n) is 3.86. The molecule has 4 aromatic rings. The van der Waals surface area contributed by atoms with Gasteiger partial charge >= 0.3 is 5.97 Å². The zero-order chi connectivity index (χ0) is 24.2. The average Bonchev–Trinajstić information content (AvgIpc) is 2.82. The van der Waals surface area contributed by atoms with Crippen LogP contribution in [0, 0.1) is 19.7 Å². The summed E-state index contributed by atoms with van der Waals surface area (Å²) >= 11 is 0. The summed E-state index contributed by atoms with van der Waals surface area (Å²) in [5.74, 6) is -0.982. The molecule has 0 aliphatic rings. The van der Waals surface area contributed by atoms with E-state index in [2.05, 4.69) is 5.32 Å². The summed E-state index contributed by atoms with van der Waals surface area (Å²) in [4.78, 5) is 30.5. The van der Waals surface area contributed by atoms with Gasteiger partial charge in [0.25, 0.3) is 0 Å². The largest absolute Gasteiger partial charge is 0.462 e. The number of esters is 1. The number of anilines is 2. The van der Waals surface area contributed by atoms with E-state index >= 15 is 0 Å². The summed E-state index contributed by atoms with van der Waals surface area (Å²) in [5, 5.41) is 3.56. The molecule has 2 heterocycles. The van der Waals surface area contributed by atoms with E-state index in [9.17, 15) is 14.0 Å². The summed E-state index contributed by atoms with van der Waals surface area (Å²) in [5.41, 5.74) is 3.87. The van der Waals surface area contributed by atoms with E-state index in [0.29, 0.717) is 41.1 Å². The number of pyridine rings is 2. The number of hydrogen-bond donors (Lipinski definition) is 1. The third kappa shape index (κ3) is 4.83. The number of aryl methyl sites for hydroxylation is 4. The number of nitrogens with one attached hydrogen (secondary N) is 1. The normalized spacial score (nSPS) is 10.9. The Labute approximate surface area is 197 Å². The molecule has 174 valence electrons. The first-order valence-corrected chi connectivity index (χ1v) is 11.2. The number of hydrogen-bond acceptors (Lipinski definition) is 5. The molecular weight excluding hydrogens is 433 g/mol. The zero-order valence-corrected chi connectivity index (χ0v) is 19.4. The van der Waals surface area contributed by atoms with E-state index in [0.717, 1.165) is 11.1 Å². The highest BCUT2D eigenvalue weighted by Gasteiger charge is 2.19. The maximum absolute atomic E-state index is 13.5. The minimum atomic E-state index is -0.660. The van der Waals surface area contributed by atoms with Crippen LogP contribution in [0.2, 0.25) is 0 Å². The van der Waals surface area contributed by atoms with E-state index in [4.69, 9.17) is 9.72 Å². The molecular formula is C27H26FN3O3. The van der Waals surface area contributed by atoms with E-state index in [-0.39, 0.29) is 18.0 Å². The molecule has 0 saturated heterocycles. The molecule has 1 N–H and O–H groups in total. The Balaban J connectivity index is 1.82. The lowest BCUT2D eigenvalue weighted by Gasteiger charge is -2.16. The van der Waals surface area contributed by atoms with E-state index in [1.165, 1.54) is 18.3 Å². The van der Waals surface area contributed by atoms with Gasteiger partial charge in [-0.05, 0) is 62.6 Å². The van der Waals surface area contributed by atoms with Crippen LogP contribution in [-0.2, 0) is 17.7 Å². The first-order chi connectivity index (χ1) is 16.4. The number of halogens is 1. The third-order valence-electron chi connectivity index (χ3n) is 5.68. The van der Waals surface area contributed by atoms with Gasteiger partial charge in [-0.3, -0.25) is 4.79 Å². The van der Waals surface area contributed by atoms with Crippen LogP contribution in [0.1, 0.15) is 34.1 Å². The minimum Gasteiger partial charge on any atom is -0.462 e. The summed E-state index contributed by atoms with van der Waals surface area (Å²) in [7, 11) is 0. The Kier molecular flexibility index (Phi) is 6.72. The smallest absolute Gasteiger partial charge is 0.343 e. The number of rotatable bonds is 7. The molecule has 0 amide bonds. The van der Waals surface area contributed by atoms with Crippen molar-refractivity contribution >= 4 is 28.4 Å². The lowest BCUT2D eigenvalue weighted by atomic mass is 10.1. The number of carbonyl (C=O) groups excluding carboxylic acids is 1. The topological polar surface area (TPSA) is 73.2 Å². The Morgan fingerprint density at radius 2 is 1.85 bits per heavy atom. The maximum Gasteiger partial charge on any atom is 0.343 e. The summed E-state index contributed by atoms with van der Waals surface area (Å²) < 4.78 is 20.5. The third-order valence-corrected chi connectivity index (χ3v) is 5.68. The highest BCUT2D eigenvalue weighted by atomic mass is 19.1. The van der Waals surface area contributed by atoms with Gasteiger partial charge in [-0.2, -0.15) is 0 Å². The van der Waals surface area contributed by atoms with E-state index < -0.39 is 11.4 Å². The molecule has 0 fully saturated rings. The first kappa shape index (κ1) is 23.2. The van der Waals surface area contributed by atoms with Crippen molar-refractivity contribution in [3.63, 3.8) is 0 Å². The lowest BCUT2D eigenvalue weighted by Crippen LogP contribution is -2.22. The van der Waals surface area contributed by atoms with Gasteiger partial charge < -0.3 is 14.6 Å². The highest BCUT2D eigenvalue weighted by molar-refractivity contribution is 5.94. The quantitative estimate of drug-likeness (QED) is 0.379. The van der Waals surface area contributed by atoms with Crippen molar-refractivity contribution in [3.8, 4) is 0 Å². The molecule has 4 rings (SSSR count). The minimum absolute atomic E-state index is 0.0306. The van der Waals surface area contributed by atoms with Gasteiger partial charge in [0.15, 0.2) is 0 Å². The van der Waals surface area contributed by atoms with E-state index in [1.54, 1.807) is 26.0 Å². The molecule has 0 aliphatic carbocycles. The van der Waals surface area contributed by atoms with E-state index in [1.807, 2.05) is 41.8 Å². The fraction of sp³-hybridized carbons (Fsp3) is 0.222. The fourth-order valence-corrected chi connectivity index (χ4v) is 3.86. The molecule has 0 saturated carbocycles. The van der Waals surface area contributed by atoms with Gasteiger partial charge in [0.2, 0.25) is 5.43 Å². The first-order valence-electron chi connectivity index (χ1n) is 11.2. The van der Waals surface area contributed by atoms with Crippen LogP contribution >= 0.6 is 0 Å². The predicted octanol–water partition coefficient (Wildman–Crippen LogP) is 5.32. The van der Waals surface area contributed by atoms with Crippen molar-refractivity contribution in [2.24, 2.45) is 0 Å². The van der Waals surface area contributed by atoms with Crippen LogP contribution in [0.25, 0.3) is 11.0 Å². The predicted molar refractivity (Wildman–Crippen MR) is 131 cm³/mol. The summed E-state index contributed by atoms with van der Waals surface area (Å²) in [6.07, 6.45) is 2.24. The van der Waals surface area contributed by atoms with Crippen LogP contribution in [0.15, 0.2) is 65.6 Å². The van der Waals surface area contributed by atoms with Crippen LogP contribution in [0.3, 0.4) is 0 Å². The second-order valence-corrected chi connectivity index (χ2v) is 8.10. The number of nitrogens with zero attached hydrogens (tertiary/aromatic N) is 2. The van der Waals surface area contributed by atoms with Crippen LogP contribution in [-0.4, -0.2) is 22.1 Å². The van der Waals surface area contributed by atoms with Crippen LogP contribution in [0.5, 0.6) is 0 Å². The Hall–Kier alpha value is -4.00. The highest BCUT2D eigenvalue weighted by Crippen LogP contribution is 2.26. The SMILES string of the molecule is CCOC(=O)c1cn(CCc2ccccc2)c2nc(C)c(Nc3ccc(F)cc3C)cc2c1=O. The van der Waals surface area contributed by atoms with Gasteiger partial charge in [0, 0.05) is 18.4 Å². The molecule has 0 unspecified atom stereocenters. The van der Waals surface area contributed by atoms with Gasteiger partial charge in [-0.1, -0.05) is 30.3 Å². The number of aromatic nitrogens is 2. The molecule has 2 aromatic heterocycles. The van der Waals surface area contributed by atoms with Crippen molar-refractivity contribution in [1.29, 1.82) is 0 Å². The lowest BCUT2D eigenvalue weighted by molar-refractivity contribution is 0.0524. The number of fused-ring (bicyclic) bond motifs is 1. The van der Waals surface area contributed by atoms with Gasteiger partial charge in [-0.25, -0.2) is 14.2 Å². The van der Waals surface area contributed by atoms with Gasteiger partial charge in [-0.15, -0.1) is 0 Å². The second kappa shape index (κ2) is 9.87. The maximum atomic E-state index is 13.5. The average molecular weight is 460 g/mol. The molecule has 34 heavy (non-hydrogen) atoms.